The fraction of sp³-hybridized carbons (Fsp3) is 0.353. The molecule has 1 heterocycles. The number of nitrogens with one attached hydrogen (secondary N) is 1. The number of urea groups is 1. The molecule has 8 nitrogen and oxygen atoms in total. The Morgan fingerprint density at radius 2 is 1.68 bits per heavy atom. The van der Waals surface area contributed by atoms with E-state index in [-0.39, 0.29) is 38.4 Å². The van der Waals surface area contributed by atoms with Crippen LogP contribution in [0.5, 0.6) is 0 Å². The van der Waals surface area contributed by atoms with Crippen molar-refractivity contribution < 1.29 is 24.6 Å². The number of hydrogen-bond donors (Lipinski definition) is 3. The van der Waals surface area contributed by atoms with Crippen LogP contribution < -0.4 is 5.32 Å². The third-order valence-electron chi connectivity index (χ3n) is 3.74. The predicted molar refractivity (Wildman–Crippen MR) is 89.2 cm³/mol. The summed E-state index contributed by atoms with van der Waals surface area (Å²) in [4.78, 5) is 38.9. The van der Waals surface area contributed by atoms with E-state index in [2.05, 4.69) is 5.32 Å². The molecule has 134 valence electrons. The van der Waals surface area contributed by atoms with Crippen LogP contribution in [0, 0.1) is 0 Å². The van der Waals surface area contributed by atoms with Crippen LogP contribution in [-0.4, -0.2) is 70.7 Å². The van der Waals surface area contributed by atoms with Crippen molar-refractivity contribution in [2.45, 2.75) is 6.42 Å². The molecule has 25 heavy (non-hydrogen) atoms. The first-order chi connectivity index (χ1) is 12.1. The van der Waals surface area contributed by atoms with Crippen LogP contribution in [0.2, 0.25) is 0 Å². The molecular weight excluding hydrogens is 326 g/mol. The van der Waals surface area contributed by atoms with Gasteiger partial charge in [0.15, 0.2) is 0 Å². The summed E-state index contributed by atoms with van der Waals surface area (Å²) in [6.45, 7) is 0.0525. The number of hydrogen-bond acceptors (Lipinski definition) is 6. The third-order valence-corrected chi connectivity index (χ3v) is 3.74. The van der Waals surface area contributed by atoms with Crippen molar-refractivity contribution in [3.8, 4) is 0 Å². The molecule has 4 amide bonds. The predicted octanol–water partition coefficient (Wildman–Crippen LogP) is -0.522. The standard InChI is InChI=1S/C17H21N3O5/c21-10-8-19(9-11-22)12-14-15(23)18-17(25)20(16(14)24)7-6-13-4-2-1-3-5-13/h1-5,12,21-22H,6-11H2,(H,18,23,25)/b14-12+. The monoisotopic (exact) mass is 347 g/mol. The lowest BCUT2D eigenvalue weighted by molar-refractivity contribution is -0.130. The molecule has 0 atom stereocenters. The van der Waals surface area contributed by atoms with Gasteiger partial charge in [-0.05, 0) is 12.0 Å². The van der Waals surface area contributed by atoms with E-state index in [1.165, 1.54) is 11.1 Å². The van der Waals surface area contributed by atoms with Gasteiger partial charge in [-0.2, -0.15) is 0 Å². The van der Waals surface area contributed by atoms with Crippen LogP contribution >= 0.6 is 0 Å². The number of carbonyl (C=O) groups is 3. The first-order valence-corrected chi connectivity index (χ1v) is 7.95. The number of aliphatic hydroxyl groups excluding tert-OH is 2. The topological polar surface area (TPSA) is 110 Å². The van der Waals surface area contributed by atoms with Crippen molar-refractivity contribution in [3.63, 3.8) is 0 Å². The van der Waals surface area contributed by atoms with Crippen molar-refractivity contribution in [1.29, 1.82) is 0 Å². The van der Waals surface area contributed by atoms with Gasteiger partial charge in [-0.25, -0.2) is 4.79 Å². The van der Waals surface area contributed by atoms with Crippen molar-refractivity contribution in [3.05, 3.63) is 47.7 Å². The second-order valence-electron chi connectivity index (χ2n) is 5.48. The molecule has 1 aliphatic rings. The second-order valence-corrected chi connectivity index (χ2v) is 5.48. The second kappa shape index (κ2) is 8.95. The highest BCUT2D eigenvalue weighted by molar-refractivity contribution is 6.28. The highest BCUT2D eigenvalue weighted by atomic mass is 16.3. The van der Waals surface area contributed by atoms with Crippen LogP contribution in [0.1, 0.15) is 5.56 Å². The Kier molecular flexibility index (Phi) is 6.67. The summed E-state index contributed by atoms with van der Waals surface area (Å²) in [7, 11) is 0. The minimum Gasteiger partial charge on any atom is -0.395 e. The summed E-state index contributed by atoms with van der Waals surface area (Å²) < 4.78 is 0. The van der Waals surface area contributed by atoms with E-state index in [4.69, 9.17) is 10.2 Å². The Balaban J connectivity index is 2.14. The molecule has 0 saturated carbocycles. The van der Waals surface area contributed by atoms with Gasteiger partial charge in [0.1, 0.15) is 5.57 Å². The fourth-order valence-corrected chi connectivity index (χ4v) is 2.45. The van der Waals surface area contributed by atoms with E-state index in [0.29, 0.717) is 6.42 Å². The summed E-state index contributed by atoms with van der Waals surface area (Å²) in [5.74, 6) is -1.47. The molecular formula is C17H21N3O5. The van der Waals surface area contributed by atoms with E-state index in [9.17, 15) is 14.4 Å². The first kappa shape index (κ1) is 18.6. The number of amides is 4. The van der Waals surface area contributed by atoms with Gasteiger partial charge in [0, 0.05) is 25.8 Å². The van der Waals surface area contributed by atoms with Crippen LogP contribution in [-0.2, 0) is 16.0 Å². The van der Waals surface area contributed by atoms with E-state index < -0.39 is 17.8 Å². The number of nitrogens with zero attached hydrogens (tertiary/aromatic N) is 2. The fourth-order valence-electron chi connectivity index (χ4n) is 2.45. The maximum absolute atomic E-state index is 12.5. The largest absolute Gasteiger partial charge is 0.395 e. The molecule has 0 aromatic heterocycles. The van der Waals surface area contributed by atoms with Gasteiger partial charge >= 0.3 is 6.03 Å². The Bertz CT molecular complexity index is 654. The summed E-state index contributed by atoms with van der Waals surface area (Å²) >= 11 is 0. The highest BCUT2D eigenvalue weighted by Crippen LogP contribution is 2.12. The number of carbonyl (C=O) groups excluding carboxylic acids is 3. The zero-order valence-electron chi connectivity index (χ0n) is 13.7. The van der Waals surface area contributed by atoms with Gasteiger partial charge in [0.05, 0.1) is 13.2 Å². The summed E-state index contributed by atoms with van der Waals surface area (Å²) in [6, 6.07) is 8.63. The molecule has 1 saturated heterocycles. The SMILES string of the molecule is O=C1NC(=O)N(CCc2ccccc2)C(=O)/C1=C/N(CCO)CCO. The van der Waals surface area contributed by atoms with Gasteiger partial charge in [0.2, 0.25) is 0 Å². The maximum atomic E-state index is 12.5. The quantitative estimate of drug-likeness (QED) is 0.431. The third kappa shape index (κ3) is 4.88. The Hall–Kier alpha value is -2.71. The van der Waals surface area contributed by atoms with Crippen LogP contribution in [0.4, 0.5) is 4.79 Å². The number of aliphatic hydroxyl groups is 2. The lowest BCUT2D eigenvalue weighted by Crippen LogP contribution is -2.55. The zero-order chi connectivity index (χ0) is 18.2. The molecule has 1 aliphatic heterocycles. The number of rotatable bonds is 8. The Labute approximate surface area is 145 Å². The highest BCUT2D eigenvalue weighted by Gasteiger charge is 2.35. The first-order valence-electron chi connectivity index (χ1n) is 7.95. The van der Waals surface area contributed by atoms with Crippen molar-refractivity contribution in [2.75, 3.05) is 32.8 Å². The molecule has 0 spiro atoms. The molecule has 0 aliphatic carbocycles. The molecule has 0 unspecified atom stereocenters. The van der Waals surface area contributed by atoms with E-state index in [1.807, 2.05) is 30.3 Å². The van der Waals surface area contributed by atoms with Crippen molar-refractivity contribution in [1.82, 2.24) is 15.1 Å². The maximum Gasteiger partial charge on any atom is 0.331 e. The molecule has 2 rings (SSSR count). The Morgan fingerprint density at radius 1 is 1.04 bits per heavy atom. The molecule has 0 bridgehead atoms. The minimum atomic E-state index is -0.785. The lowest BCUT2D eigenvalue weighted by Gasteiger charge is -2.28. The zero-order valence-corrected chi connectivity index (χ0v) is 13.7. The van der Waals surface area contributed by atoms with Gasteiger partial charge in [-0.15, -0.1) is 0 Å². The van der Waals surface area contributed by atoms with Gasteiger partial charge in [-0.1, -0.05) is 30.3 Å². The summed E-state index contributed by atoms with van der Waals surface area (Å²) in [5.41, 5.74) is 0.766. The molecule has 1 fully saturated rings. The summed E-state index contributed by atoms with van der Waals surface area (Å²) in [6.07, 6.45) is 1.74. The van der Waals surface area contributed by atoms with Crippen LogP contribution in [0.15, 0.2) is 42.1 Å². The van der Waals surface area contributed by atoms with E-state index in [0.717, 1.165) is 10.5 Å². The van der Waals surface area contributed by atoms with Crippen molar-refractivity contribution in [2.24, 2.45) is 0 Å². The minimum absolute atomic E-state index is 0.138. The van der Waals surface area contributed by atoms with E-state index in [1.54, 1.807) is 0 Å². The lowest BCUT2D eigenvalue weighted by atomic mass is 10.1. The van der Waals surface area contributed by atoms with Gasteiger partial charge in [-0.3, -0.25) is 19.8 Å². The van der Waals surface area contributed by atoms with Crippen LogP contribution in [0.3, 0.4) is 0 Å². The van der Waals surface area contributed by atoms with Crippen LogP contribution in [0.25, 0.3) is 0 Å². The van der Waals surface area contributed by atoms with E-state index >= 15 is 0 Å². The molecule has 3 N–H and O–H groups in total. The normalized spacial score (nSPS) is 16.3. The number of imide groups is 2. The molecule has 1 aromatic rings. The molecule has 1 aromatic carbocycles. The summed E-state index contributed by atoms with van der Waals surface area (Å²) in [5, 5.41) is 20.2. The van der Waals surface area contributed by atoms with Crippen molar-refractivity contribution >= 4 is 17.8 Å². The van der Waals surface area contributed by atoms with Gasteiger partial charge < -0.3 is 15.1 Å². The number of barbiturate groups is 1. The Morgan fingerprint density at radius 3 is 2.28 bits per heavy atom. The number of benzene rings is 1. The van der Waals surface area contributed by atoms with Gasteiger partial charge in [0.25, 0.3) is 11.8 Å². The average Bonchev–Trinajstić information content (AvgIpc) is 2.59. The molecule has 8 heteroatoms. The molecule has 0 radical (unpaired) electrons. The smallest absolute Gasteiger partial charge is 0.331 e. The average molecular weight is 347 g/mol.